The molecule has 1 saturated heterocycles. The number of nitrogens with one attached hydrogen (secondary N) is 1. The Kier molecular flexibility index (Phi) is 5.24. The minimum absolute atomic E-state index is 0.0561. The van der Waals surface area contributed by atoms with Crippen molar-refractivity contribution in [2.75, 3.05) is 23.7 Å². The van der Waals surface area contributed by atoms with Gasteiger partial charge in [0.25, 0.3) is 0 Å². The van der Waals surface area contributed by atoms with E-state index in [0.29, 0.717) is 11.4 Å². The highest BCUT2D eigenvalue weighted by Crippen LogP contribution is 2.20. The Hall–Kier alpha value is -2.61. The number of amides is 1. The molecule has 8 heteroatoms. The largest absolute Gasteiger partial charge is 0.371 e. The zero-order valence-corrected chi connectivity index (χ0v) is 16.0. The molecular weight excluding hydrogens is 360 g/mol. The molecule has 140 valence electrons. The highest BCUT2D eigenvalue weighted by molar-refractivity contribution is 7.99. The maximum atomic E-state index is 12.3. The quantitative estimate of drug-likeness (QED) is 0.683. The Bertz CT molecular complexity index is 920. The first kappa shape index (κ1) is 17.8. The topological polar surface area (TPSA) is 75.4 Å². The number of piperidine rings is 1. The molecule has 1 fully saturated rings. The first-order valence-corrected chi connectivity index (χ1v) is 10.1. The third-order valence-corrected chi connectivity index (χ3v) is 5.65. The van der Waals surface area contributed by atoms with Crippen LogP contribution in [0.3, 0.4) is 0 Å². The van der Waals surface area contributed by atoms with Crippen molar-refractivity contribution in [3.8, 4) is 0 Å². The SMILES string of the molecule is Cc1nnc2ccc(SCC(=O)NC3CCN(c4ccccc4)CC3)nn12. The highest BCUT2D eigenvalue weighted by atomic mass is 32.2. The van der Waals surface area contributed by atoms with E-state index < -0.39 is 0 Å². The predicted octanol–water partition coefficient (Wildman–Crippen LogP) is 2.31. The summed E-state index contributed by atoms with van der Waals surface area (Å²) in [5.41, 5.74) is 1.97. The summed E-state index contributed by atoms with van der Waals surface area (Å²) in [6.07, 6.45) is 1.94. The van der Waals surface area contributed by atoms with Gasteiger partial charge >= 0.3 is 0 Å². The Morgan fingerprint density at radius 2 is 1.93 bits per heavy atom. The number of hydrogen-bond acceptors (Lipinski definition) is 6. The molecule has 3 heterocycles. The van der Waals surface area contributed by atoms with Gasteiger partial charge < -0.3 is 10.2 Å². The summed E-state index contributed by atoms with van der Waals surface area (Å²) in [5.74, 6) is 1.15. The van der Waals surface area contributed by atoms with E-state index in [0.717, 1.165) is 36.8 Å². The number of fused-ring (bicyclic) bond motifs is 1. The zero-order valence-electron chi connectivity index (χ0n) is 15.2. The van der Waals surface area contributed by atoms with Crippen LogP contribution in [0.15, 0.2) is 47.5 Å². The van der Waals surface area contributed by atoms with Crippen LogP contribution in [0.1, 0.15) is 18.7 Å². The molecule has 1 aliphatic heterocycles. The van der Waals surface area contributed by atoms with Gasteiger partial charge in [-0.25, -0.2) is 0 Å². The first-order chi connectivity index (χ1) is 13.2. The van der Waals surface area contributed by atoms with Gasteiger partial charge in [-0.05, 0) is 44.0 Å². The number of benzene rings is 1. The third-order valence-electron chi connectivity index (χ3n) is 4.73. The smallest absolute Gasteiger partial charge is 0.230 e. The van der Waals surface area contributed by atoms with Crippen LogP contribution >= 0.6 is 11.8 Å². The van der Waals surface area contributed by atoms with Crippen LogP contribution < -0.4 is 10.2 Å². The summed E-state index contributed by atoms with van der Waals surface area (Å²) in [4.78, 5) is 14.7. The van der Waals surface area contributed by atoms with Crippen molar-refractivity contribution in [3.63, 3.8) is 0 Å². The molecule has 1 N–H and O–H groups in total. The lowest BCUT2D eigenvalue weighted by Crippen LogP contribution is -2.45. The second kappa shape index (κ2) is 7.96. The van der Waals surface area contributed by atoms with Gasteiger partial charge in [-0.15, -0.1) is 10.2 Å². The van der Waals surface area contributed by atoms with E-state index >= 15 is 0 Å². The molecule has 0 bridgehead atoms. The molecule has 0 spiro atoms. The second-order valence-corrected chi connectivity index (χ2v) is 7.64. The van der Waals surface area contributed by atoms with Crippen molar-refractivity contribution in [3.05, 3.63) is 48.3 Å². The molecule has 0 saturated carbocycles. The van der Waals surface area contributed by atoms with E-state index in [4.69, 9.17) is 0 Å². The number of anilines is 1. The molecule has 7 nitrogen and oxygen atoms in total. The van der Waals surface area contributed by atoms with E-state index in [1.807, 2.05) is 25.1 Å². The first-order valence-electron chi connectivity index (χ1n) is 9.10. The second-order valence-electron chi connectivity index (χ2n) is 6.64. The summed E-state index contributed by atoms with van der Waals surface area (Å²) < 4.78 is 1.69. The third kappa shape index (κ3) is 4.21. The predicted molar refractivity (Wildman–Crippen MR) is 106 cm³/mol. The molecule has 27 heavy (non-hydrogen) atoms. The lowest BCUT2D eigenvalue weighted by molar-refractivity contribution is -0.119. The molecule has 4 rings (SSSR count). The molecule has 1 amide bonds. The fourth-order valence-electron chi connectivity index (χ4n) is 3.29. The van der Waals surface area contributed by atoms with Crippen LogP contribution in [0.2, 0.25) is 0 Å². The Balaban J connectivity index is 1.25. The number of para-hydroxylation sites is 1. The van der Waals surface area contributed by atoms with Gasteiger partial charge in [0.05, 0.1) is 5.75 Å². The number of carbonyl (C=O) groups excluding carboxylic acids is 1. The van der Waals surface area contributed by atoms with Crippen molar-refractivity contribution < 1.29 is 4.79 Å². The number of aromatic nitrogens is 4. The zero-order chi connectivity index (χ0) is 18.6. The van der Waals surface area contributed by atoms with E-state index in [9.17, 15) is 4.79 Å². The molecule has 3 aromatic rings. The van der Waals surface area contributed by atoms with Gasteiger partial charge in [0.1, 0.15) is 5.03 Å². The molecule has 1 aromatic carbocycles. The molecule has 0 unspecified atom stereocenters. The monoisotopic (exact) mass is 382 g/mol. The molecule has 0 aliphatic carbocycles. The average molecular weight is 382 g/mol. The fourth-order valence-corrected chi connectivity index (χ4v) is 3.95. The molecular formula is C19H22N6OS. The van der Waals surface area contributed by atoms with Crippen LogP contribution in [0.5, 0.6) is 0 Å². The maximum absolute atomic E-state index is 12.3. The van der Waals surface area contributed by atoms with E-state index in [2.05, 4.69) is 49.8 Å². The van der Waals surface area contributed by atoms with Crippen molar-refractivity contribution in [2.45, 2.75) is 30.8 Å². The highest BCUT2D eigenvalue weighted by Gasteiger charge is 2.20. The minimum atomic E-state index is 0.0561. The van der Waals surface area contributed by atoms with Crippen molar-refractivity contribution in [1.29, 1.82) is 0 Å². The number of hydrogen-bond donors (Lipinski definition) is 1. The van der Waals surface area contributed by atoms with Crippen molar-refractivity contribution in [2.24, 2.45) is 0 Å². The van der Waals surface area contributed by atoms with Crippen LogP contribution in [0.4, 0.5) is 5.69 Å². The van der Waals surface area contributed by atoms with Crippen LogP contribution in [-0.2, 0) is 4.79 Å². The molecule has 0 radical (unpaired) electrons. The van der Waals surface area contributed by atoms with Gasteiger partial charge in [0.15, 0.2) is 11.5 Å². The van der Waals surface area contributed by atoms with Crippen LogP contribution in [-0.4, -0.2) is 50.6 Å². The number of carbonyl (C=O) groups is 1. The number of aryl methyl sites for hydroxylation is 1. The summed E-state index contributed by atoms with van der Waals surface area (Å²) in [6.45, 7) is 3.79. The maximum Gasteiger partial charge on any atom is 0.230 e. The van der Waals surface area contributed by atoms with Crippen molar-refractivity contribution in [1.82, 2.24) is 25.1 Å². The number of thioether (sulfide) groups is 1. The van der Waals surface area contributed by atoms with Crippen LogP contribution in [0.25, 0.3) is 5.65 Å². The Labute approximate surface area is 162 Å². The molecule has 1 aliphatic rings. The standard InChI is InChI=1S/C19H22N6OS/c1-14-21-22-17-7-8-19(23-25(14)17)27-13-18(26)20-15-9-11-24(12-10-15)16-5-3-2-4-6-16/h2-8,15H,9-13H2,1H3,(H,20,26). The number of rotatable bonds is 5. The van der Waals surface area contributed by atoms with Crippen molar-refractivity contribution >= 4 is 29.0 Å². The van der Waals surface area contributed by atoms with E-state index in [1.54, 1.807) is 4.52 Å². The summed E-state index contributed by atoms with van der Waals surface area (Å²) in [6, 6.07) is 14.4. The Morgan fingerprint density at radius 3 is 2.70 bits per heavy atom. The molecule has 2 aromatic heterocycles. The van der Waals surface area contributed by atoms with Gasteiger partial charge in [0.2, 0.25) is 5.91 Å². The van der Waals surface area contributed by atoms with Gasteiger partial charge in [-0.3, -0.25) is 4.79 Å². The summed E-state index contributed by atoms with van der Waals surface area (Å²) in [7, 11) is 0. The summed E-state index contributed by atoms with van der Waals surface area (Å²) in [5, 5.41) is 16.4. The fraction of sp³-hybridized carbons (Fsp3) is 0.368. The minimum Gasteiger partial charge on any atom is -0.371 e. The van der Waals surface area contributed by atoms with Gasteiger partial charge in [-0.1, -0.05) is 30.0 Å². The van der Waals surface area contributed by atoms with E-state index in [1.165, 1.54) is 17.4 Å². The number of nitrogens with zero attached hydrogens (tertiary/aromatic N) is 5. The lowest BCUT2D eigenvalue weighted by Gasteiger charge is -2.34. The Morgan fingerprint density at radius 1 is 1.15 bits per heavy atom. The van der Waals surface area contributed by atoms with Gasteiger partial charge in [-0.2, -0.15) is 9.61 Å². The normalized spacial score (nSPS) is 15.2. The lowest BCUT2D eigenvalue weighted by atomic mass is 10.0. The summed E-state index contributed by atoms with van der Waals surface area (Å²) >= 11 is 1.43. The molecule has 0 atom stereocenters. The van der Waals surface area contributed by atoms with Gasteiger partial charge in [0, 0.05) is 24.8 Å². The van der Waals surface area contributed by atoms with Crippen LogP contribution in [0, 0.1) is 6.92 Å². The van der Waals surface area contributed by atoms with E-state index in [-0.39, 0.29) is 11.9 Å². The average Bonchev–Trinajstić information content (AvgIpc) is 3.08.